The van der Waals surface area contributed by atoms with Crippen molar-refractivity contribution < 1.29 is 19.4 Å². The van der Waals surface area contributed by atoms with E-state index in [0.29, 0.717) is 47.2 Å². The average molecular weight is 535 g/mol. The molecular formula is C30H26N6O4. The molecule has 10 nitrogen and oxygen atoms in total. The first-order valence-corrected chi connectivity index (χ1v) is 12.7. The van der Waals surface area contributed by atoms with Gasteiger partial charge in [0.2, 0.25) is 0 Å². The Balaban J connectivity index is 1.21. The number of ether oxygens (including phenoxy) is 1. The number of pyridine rings is 1. The molecule has 200 valence electrons. The van der Waals surface area contributed by atoms with Crippen LogP contribution in [0.1, 0.15) is 21.5 Å². The maximum absolute atomic E-state index is 12.6. The van der Waals surface area contributed by atoms with E-state index in [4.69, 9.17) is 25.4 Å². The zero-order chi connectivity index (χ0) is 27.5. The second-order valence-electron chi connectivity index (χ2n) is 9.31. The highest BCUT2D eigenvalue weighted by Gasteiger charge is 2.26. The standard InChI is InChI=1S/C30H26N6O4/c1-19-4-2-6-24(16-19)38-23-9-7-20(8-10-23)28-27(29(31)37)30-33-26-12-11-25(17-21(26)13-15-36(30)34-28)39-40-35-22-5-3-14-32-18-22/h2-12,14,16-18,33,35H,13,15H2,1H3,(H2,31,37). The van der Waals surface area contributed by atoms with Crippen molar-refractivity contribution in [3.05, 3.63) is 108 Å². The number of nitrogens with one attached hydrogen (secondary N) is 2. The Morgan fingerprint density at radius 2 is 1.85 bits per heavy atom. The van der Waals surface area contributed by atoms with Crippen molar-refractivity contribution in [2.45, 2.75) is 19.9 Å². The number of aromatic nitrogens is 3. The monoisotopic (exact) mass is 534 g/mol. The smallest absolute Gasteiger partial charge is 0.254 e. The number of carbonyl (C=O) groups is 1. The zero-order valence-electron chi connectivity index (χ0n) is 21.6. The number of amides is 1. The molecule has 10 heteroatoms. The van der Waals surface area contributed by atoms with Crippen molar-refractivity contribution >= 4 is 23.1 Å². The molecule has 1 amide bonds. The number of nitrogens with two attached hydrogens (primary N) is 1. The van der Waals surface area contributed by atoms with Gasteiger partial charge in [0.25, 0.3) is 5.91 Å². The summed E-state index contributed by atoms with van der Waals surface area (Å²) in [6.07, 6.45) is 3.93. The molecule has 5 aromatic rings. The van der Waals surface area contributed by atoms with Crippen LogP contribution in [-0.2, 0) is 18.0 Å². The number of fused-ring (bicyclic) bond motifs is 2. The van der Waals surface area contributed by atoms with Crippen molar-refractivity contribution in [2.24, 2.45) is 5.73 Å². The summed E-state index contributed by atoms with van der Waals surface area (Å²) < 4.78 is 7.74. The van der Waals surface area contributed by atoms with Crippen molar-refractivity contribution in [3.8, 4) is 28.5 Å². The molecule has 1 aliphatic heterocycles. The summed E-state index contributed by atoms with van der Waals surface area (Å²) in [4.78, 5) is 27.2. The Kier molecular flexibility index (Phi) is 6.73. The molecular weight excluding hydrogens is 508 g/mol. The Morgan fingerprint density at radius 3 is 2.62 bits per heavy atom. The van der Waals surface area contributed by atoms with Crippen LogP contribution in [0.5, 0.6) is 17.2 Å². The van der Waals surface area contributed by atoms with E-state index in [1.807, 2.05) is 67.6 Å². The molecule has 0 spiro atoms. The SMILES string of the molecule is Cc1cccc(Oc2ccc(-c3nn4c(c3C(N)=O)Nc3ccc(OONc5cccnc5)cc3CC4)cc2)c1. The molecule has 40 heavy (non-hydrogen) atoms. The highest BCUT2D eigenvalue weighted by molar-refractivity contribution is 6.04. The second-order valence-corrected chi connectivity index (χ2v) is 9.31. The summed E-state index contributed by atoms with van der Waals surface area (Å²) >= 11 is 0. The largest absolute Gasteiger partial charge is 0.457 e. The fourth-order valence-electron chi connectivity index (χ4n) is 4.53. The van der Waals surface area contributed by atoms with Gasteiger partial charge in [-0.15, -0.1) is 0 Å². The van der Waals surface area contributed by atoms with Crippen LogP contribution < -0.4 is 26.2 Å². The fraction of sp³-hybridized carbons (Fsp3) is 0.100. The van der Waals surface area contributed by atoms with Crippen molar-refractivity contribution in [3.63, 3.8) is 0 Å². The Labute approximate surface area is 230 Å². The van der Waals surface area contributed by atoms with E-state index in [-0.39, 0.29) is 0 Å². The summed E-state index contributed by atoms with van der Waals surface area (Å²) in [6, 6.07) is 24.4. The van der Waals surface area contributed by atoms with Gasteiger partial charge in [-0.05, 0) is 91.2 Å². The number of hydrogen-bond donors (Lipinski definition) is 3. The number of rotatable bonds is 8. The molecule has 0 bridgehead atoms. The van der Waals surface area contributed by atoms with Crippen molar-refractivity contribution in [1.29, 1.82) is 0 Å². The van der Waals surface area contributed by atoms with Crippen LogP contribution in [0, 0.1) is 6.92 Å². The van der Waals surface area contributed by atoms with E-state index in [2.05, 4.69) is 15.8 Å². The molecule has 4 N–H and O–H groups in total. The molecule has 2 aromatic heterocycles. The van der Waals surface area contributed by atoms with E-state index in [0.717, 1.165) is 28.1 Å². The minimum Gasteiger partial charge on any atom is -0.457 e. The number of carbonyl (C=O) groups excluding carboxylic acids is 1. The van der Waals surface area contributed by atoms with Gasteiger partial charge in [-0.2, -0.15) is 5.10 Å². The quantitative estimate of drug-likeness (QED) is 0.169. The summed E-state index contributed by atoms with van der Waals surface area (Å²) in [6.45, 7) is 2.54. The van der Waals surface area contributed by atoms with Crippen LogP contribution in [0.25, 0.3) is 11.3 Å². The molecule has 0 fully saturated rings. The van der Waals surface area contributed by atoms with Gasteiger partial charge >= 0.3 is 0 Å². The molecule has 0 atom stereocenters. The van der Waals surface area contributed by atoms with E-state index >= 15 is 0 Å². The molecule has 0 saturated carbocycles. The van der Waals surface area contributed by atoms with Crippen molar-refractivity contribution in [2.75, 3.05) is 10.8 Å². The number of anilines is 3. The van der Waals surface area contributed by atoms with Crippen LogP contribution in [0.4, 0.5) is 17.2 Å². The number of hydrogen-bond acceptors (Lipinski definition) is 8. The zero-order valence-corrected chi connectivity index (χ0v) is 21.6. The highest BCUT2D eigenvalue weighted by Crippen LogP contribution is 2.36. The Bertz CT molecular complexity index is 1670. The fourth-order valence-corrected chi connectivity index (χ4v) is 4.53. The lowest BCUT2D eigenvalue weighted by molar-refractivity contribution is -0.178. The van der Waals surface area contributed by atoms with E-state index in [9.17, 15) is 4.79 Å². The molecule has 0 aliphatic carbocycles. The third-order valence-corrected chi connectivity index (χ3v) is 6.43. The molecule has 3 aromatic carbocycles. The van der Waals surface area contributed by atoms with Gasteiger partial charge < -0.3 is 20.7 Å². The number of nitrogens with zero attached hydrogens (tertiary/aromatic N) is 3. The van der Waals surface area contributed by atoms with Gasteiger partial charge in [-0.1, -0.05) is 17.1 Å². The molecule has 0 saturated heterocycles. The third kappa shape index (κ3) is 5.29. The van der Waals surface area contributed by atoms with E-state index < -0.39 is 5.91 Å². The molecule has 3 heterocycles. The summed E-state index contributed by atoms with van der Waals surface area (Å²) in [5.41, 5.74) is 13.7. The van der Waals surface area contributed by atoms with Crippen LogP contribution >= 0.6 is 0 Å². The van der Waals surface area contributed by atoms with Gasteiger partial charge in [0.15, 0.2) is 5.75 Å². The molecule has 0 unspecified atom stereocenters. The maximum atomic E-state index is 12.6. The first-order chi connectivity index (χ1) is 19.5. The number of aryl methyl sites for hydroxylation is 3. The minimum atomic E-state index is -0.567. The molecule has 1 aliphatic rings. The first-order valence-electron chi connectivity index (χ1n) is 12.7. The second kappa shape index (κ2) is 10.8. The lowest BCUT2D eigenvalue weighted by atomic mass is 10.1. The van der Waals surface area contributed by atoms with Gasteiger partial charge in [-0.3, -0.25) is 9.78 Å². The molecule has 0 radical (unpaired) electrons. The predicted octanol–water partition coefficient (Wildman–Crippen LogP) is 5.78. The normalized spacial score (nSPS) is 11.9. The predicted molar refractivity (Wildman–Crippen MR) is 150 cm³/mol. The minimum absolute atomic E-state index is 0.324. The van der Waals surface area contributed by atoms with Crippen LogP contribution in [0.15, 0.2) is 91.3 Å². The van der Waals surface area contributed by atoms with Gasteiger partial charge in [0, 0.05) is 24.0 Å². The first kappa shape index (κ1) is 25.0. The lowest BCUT2D eigenvalue weighted by Crippen LogP contribution is -2.14. The average Bonchev–Trinajstić information content (AvgIpc) is 3.22. The summed E-state index contributed by atoms with van der Waals surface area (Å²) in [5.74, 6) is 1.93. The summed E-state index contributed by atoms with van der Waals surface area (Å²) in [7, 11) is 0. The lowest BCUT2D eigenvalue weighted by Gasteiger charge is -2.11. The number of primary amides is 1. The van der Waals surface area contributed by atoms with Crippen molar-refractivity contribution in [1.82, 2.24) is 14.8 Å². The Hall–Kier alpha value is -5.35. The summed E-state index contributed by atoms with van der Waals surface area (Å²) in [5, 5.41) is 8.11. The van der Waals surface area contributed by atoms with E-state index in [1.165, 1.54) is 0 Å². The van der Waals surface area contributed by atoms with Crippen LogP contribution in [-0.4, -0.2) is 20.7 Å². The Morgan fingerprint density at radius 1 is 1.00 bits per heavy atom. The third-order valence-electron chi connectivity index (χ3n) is 6.43. The molecule has 6 rings (SSSR count). The van der Waals surface area contributed by atoms with Gasteiger partial charge in [0.05, 0.1) is 11.9 Å². The van der Waals surface area contributed by atoms with E-state index in [1.54, 1.807) is 35.3 Å². The number of benzene rings is 3. The van der Waals surface area contributed by atoms with Crippen LogP contribution in [0.3, 0.4) is 0 Å². The highest BCUT2D eigenvalue weighted by atomic mass is 17.3. The maximum Gasteiger partial charge on any atom is 0.254 e. The topological polar surface area (TPSA) is 126 Å². The van der Waals surface area contributed by atoms with Gasteiger partial charge in [-0.25, -0.2) is 10.2 Å². The van der Waals surface area contributed by atoms with Gasteiger partial charge in [0.1, 0.15) is 28.6 Å². The van der Waals surface area contributed by atoms with Crippen LogP contribution in [0.2, 0.25) is 0 Å².